The van der Waals surface area contributed by atoms with Gasteiger partial charge >= 0.3 is 0 Å². The fourth-order valence-corrected chi connectivity index (χ4v) is 2.00. The van der Waals surface area contributed by atoms with Crippen LogP contribution in [0.1, 0.15) is 12.0 Å². The van der Waals surface area contributed by atoms with Gasteiger partial charge in [0.25, 0.3) is 0 Å². The summed E-state index contributed by atoms with van der Waals surface area (Å²) in [7, 11) is 1.78. The molecule has 0 aliphatic carbocycles. The molecule has 1 unspecified atom stereocenters. The highest BCUT2D eigenvalue weighted by Crippen LogP contribution is 2.30. The molecule has 1 aliphatic rings. The molecule has 0 radical (unpaired) electrons. The Morgan fingerprint density at radius 2 is 2.35 bits per heavy atom. The van der Waals surface area contributed by atoms with Gasteiger partial charge in [-0.05, 0) is 18.2 Å². The second-order valence-electron chi connectivity index (χ2n) is 4.06. The molecule has 0 saturated carbocycles. The van der Waals surface area contributed by atoms with Crippen molar-refractivity contribution in [3.8, 4) is 6.07 Å². The van der Waals surface area contributed by atoms with E-state index in [1.165, 1.54) is 0 Å². The maximum atomic E-state index is 11.8. The summed E-state index contributed by atoms with van der Waals surface area (Å²) in [5.74, 6) is 0.00379. The fraction of sp³-hybridized carbons (Fsp3) is 0.333. The maximum Gasteiger partial charge on any atom is 0.228 e. The van der Waals surface area contributed by atoms with E-state index in [-0.39, 0.29) is 11.9 Å². The van der Waals surface area contributed by atoms with Crippen LogP contribution in [0, 0.1) is 11.3 Å². The summed E-state index contributed by atoms with van der Waals surface area (Å²) in [6.45, 7) is 0.502. The number of nitrogens with zero attached hydrogens (tertiary/aromatic N) is 2. The summed E-state index contributed by atoms with van der Waals surface area (Å²) in [6, 6.07) is 7.17. The second-order valence-corrected chi connectivity index (χ2v) is 4.06. The van der Waals surface area contributed by atoms with E-state index < -0.39 is 0 Å². The Hall–Kier alpha value is -2.06. The lowest BCUT2D eigenvalue weighted by molar-refractivity contribution is -0.117. The van der Waals surface area contributed by atoms with E-state index in [0.717, 1.165) is 11.4 Å². The van der Waals surface area contributed by atoms with E-state index in [2.05, 4.69) is 11.4 Å². The molecule has 0 spiro atoms. The molecule has 1 aliphatic heterocycles. The van der Waals surface area contributed by atoms with Gasteiger partial charge in [0.05, 0.1) is 23.0 Å². The van der Waals surface area contributed by atoms with Crippen LogP contribution in [0.25, 0.3) is 0 Å². The van der Waals surface area contributed by atoms with Crippen LogP contribution in [0.3, 0.4) is 0 Å². The molecule has 1 heterocycles. The van der Waals surface area contributed by atoms with Gasteiger partial charge in [-0.1, -0.05) is 0 Å². The summed E-state index contributed by atoms with van der Waals surface area (Å²) >= 11 is 0. The quantitative estimate of drug-likeness (QED) is 0.782. The van der Waals surface area contributed by atoms with Gasteiger partial charge in [-0.3, -0.25) is 4.79 Å². The minimum absolute atomic E-state index is 0.00379. The zero-order valence-electron chi connectivity index (χ0n) is 9.60. The molecule has 5 heteroatoms. The second kappa shape index (κ2) is 4.44. The molecular weight excluding hydrogens is 216 g/mol. The lowest BCUT2D eigenvalue weighted by Crippen LogP contribution is -2.28. The smallest absolute Gasteiger partial charge is 0.228 e. The van der Waals surface area contributed by atoms with Crippen molar-refractivity contribution in [3.63, 3.8) is 0 Å². The SMILES string of the molecule is CNc1ccc(C#N)cc1N1CC(N)CC1=O. The third-order valence-electron chi connectivity index (χ3n) is 2.84. The van der Waals surface area contributed by atoms with Crippen LogP contribution in [0.15, 0.2) is 18.2 Å². The predicted molar refractivity (Wildman–Crippen MR) is 65.6 cm³/mol. The molecule has 1 atom stereocenters. The van der Waals surface area contributed by atoms with Gasteiger partial charge < -0.3 is 16.0 Å². The van der Waals surface area contributed by atoms with Gasteiger partial charge in [0, 0.05) is 26.1 Å². The topological polar surface area (TPSA) is 82.2 Å². The first kappa shape index (κ1) is 11.4. The number of nitrogens with two attached hydrogens (primary N) is 1. The van der Waals surface area contributed by atoms with Gasteiger partial charge in [0.2, 0.25) is 5.91 Å². The van der Waals surface area contributed by atoms with Gasteiger partial charge in [-0.25, -0.2) is 0 Å². The van der Waals surface area contributed by atoms with Crippen molar-refractivity contribution in [1.29, 1.82) is 5.26 Å². The molecule has 0 aromatic heterocycles. The van der Waals surface area contributed by atoms with E-state index in [0.29, 0.717) is 18.5 Å². The molecule has 1 aromatic rings. The number of carbonyl (C=O) groups is 1. The highest BCUT2D eigenvalue weighted by atomic mass is 16.2. The fourth-order valence-electron chi connectivity index (χ4n) is 2.00. The Morgan fingerprint density at radius 1 is 1.59 bits per heavy atom. The largest absolute Gasteiger partial charge is 0.386 e. The standard InChI is InChI=1S/C12H14N4O/c1-15-10-3-2-8(6-13)4-11(10)16-7-9(14)5-12(16)17/h2-4,9,15H,5,7,14H2,1H3. The summed E-state index contributed by atoms with van der Waals surface area (Å²) in [5.41, 5.74) is 7.85. The van der Waals surface area contributed by atoms with Crippen molar-refractivity contribution in [2.24, 2.45) is 5.73 Å². The third kappa shape index (κ3) is 2.08. The Kier molecular flexibility index (Phi) is 2.98. The minimum Gasteiger partial charge on any atom is -0.386 e. The van der Waals surface area contributed by atoms with Crippen molar-refractivity contribution >= 4 is 17.3 Å². The summed E-state index contributed by atoms with van der Waals surface area (Å²) in [4.78, 5) is 13.4. The van der Waals surface area contributed by atoms with Gasteiger partial charge in [-0.2, -0.15) is 5.26 Å². The van der Waals surface area contributed by atoms with E-state index >= 15 is 0 Å². The average Bonchev–Trinajstić information content (AvgIpc) is 2.67. The van der Waals surface area contributed by atoms with Crippen LogP contribution < -0.4 is 16.0 Å². The molecule has 1 saturated heterocycles. The number of hydrogen-bond acceptors (Lipinski definition) is 4. The summed E-state index contributed by atoms with van der Waals surface area (Å²) in [6.07, 6.45) is 0.361. The number of nitriles is 1. The highest BCUT2D eigenvalue weighted by molar-refractivity contribution is 5.99. The molecule has 3 N–H and O–H groups in total. The Balaban J connectivity index is 2.43. The number of amides is 1. The van der Waals surface area contributed by atoms with Gasteiger partial charge in [0.1, 0.15) is 0 Å². The first-order chi connectivity index (χ1) is 8.15. The summed E-state index contributed by atoms with van der Waals surface area (Å²) < 4.78 is 0. The van der Waals surface area contributed by atoms with Gasteiger partial charge in [-0.15, -0.1) is 0 Å². The first-order valence-corrected chi connectivity index (χ1v) is 5.43. The van der Waals surface area contributed by atoms with Crippen LogP contribution in [0.4, 0.5) is 11.4 Å². The van der Waals surface area contributed by atoms with Crippen molar-refractivity contribution in [3.05, 3.63) is 23.8 Å². The average molecular weight is 230 g/mol. The number of benzene rings is 1. The molecule has 1 fully saturated rings. The Labute approximate surface area is 99.8 Å². The molecule has 1 amide bonds. The van der Waals surface area contributed by atoms with E-state index in [4.69, 9.17) is 11.0 Å². The lowest BCUT2D eigenvalue weighted by Gasteiger charge is -2.20. The van der Waals surface area contributed by atoms with Crippen molar-refractivity contribution in [1.82, 2.24) is 0 Å². The number of hydrogen-bond donors (Lipinski definition) is 2. The number of rotatable bonds is 2. The predicted octanol–water partition coefficient (Wildman–Crippen LogP) is 0.664. The van der Waals surface area contributed by atoms with E-state index in [1.807, 2.05) is 0 Å². The highest BCUT2D eigenvalue weighted by Gasteiger charge is 2.29. The maximum absolute atomic E-state index is 11.8. The van der Waals surface area contributed by atoms with Crippen molar-refractivity contribution in [2.75, 3.05) is 23.8 Å². The molecule has 1 aromatic carbocycles. The number of carbonyl (C=O) groups excluding carboxylic acids is 1. The molecule has 0 bridgehead atoms. The van der Waals surface area contributed by atoms with Crippen LogP contribution >= 0.6 is 0 Å². The third-order valence-corrected chi connectivity index (χ3v) is 2.84. The Bertz CT molecular complexity index is 492. The zero-order chi connectivity index (χ0) is 12.4. The molecule has 5 nitrogen and oxygen atoms in total. The Morgan fingerprint density at radius 3 is 2.88 bits per heavy atom. The van der Waals surface area contributed by atoms with Crippen LogP contribution in [0.5, 0.6) is 0 Å². The normalized spacial score (nSPS) is 19.2. The molecule has 2 rings (SSSR count). The summed E-state index contributed by atoms with van der Waals surface area (Å²) in [5, 5.41) is 11.9. The van der Waals surface area contributed by atoms with Crippen molar-refractivity contribution < 1.29 is 4.79 Å². The first-order valence-electron chi connectivity index (χ1n) is 5.43. The molecule has 88 valence electrons. The van der Waals surface area contributed by atoms with Crippen LogP contribution in [0.2, 0.25) is 0 Å². The van der Waals surface area contributed by atoms with Gasteiger partial charge in [0.15, 0.2) is 0 Å². The lowest BCUT2D eigenvalue weighted by atomic mass is 10.1. The molecular formula is C12H14N4O. The number of anilines is 2. The minimum atomic E-state index is -0.127. The number of nitrogens with one attached hydrogen (secondary N) is 1. The monoisotopic (exact) mass is 230 g/mol. The van der Waals surface area contributed by atoms with Crippen molar-refractivity contribution in [2.45, 2.75) is 12.5 Å². The van der Waals surface area contributed by atoms with E-state index in [9.17, 15) is 4.79 Å². The van der Waals surface area contributed by atoms with Crippen LogP contribution in [-0.4, -0.2) is 25.5 Å². The molecule has 17 heavy (non-hydrogen) atoms. The van der Waals surface area contributed by atoms with E-state index in [1.54, 1.807) is 30.1 Å². The van der Waals surface area contributed by atoms with Crippen LogP contribution in [-0.2, 0) is 4.79 Å². The zero-order valence-corrected chi connectivity index (χ0v) is 9.60.